The number of aromatic amines is 1. The predicted octanol–water partition coefficient (Wildman–Crippen LogP) is 3.49. The summed E-state index contributed by atoms with van der Waals surface area (Å²) in [4.78, 5) is 4.38. The zero-order valence-corrected chi connectivity index (χ0v) is 17.5. The van der Waals surface area contributed by atoms with Gasteiger partial charge in [-0.15, -0.1) is 10.2 Å². The van der Waals surface area contributed by atoms with Crippen molar-refractivity contribution in [3.05, 3.63) is 36.5 Å². The van der Waals surface area contributed by atoms with Crippen LogP contribution in [0.3, 0.4) is 0 Å². The highest BCUT2D eigenvalue weighted by Crippen LogP contribution is 2.33. The van der Waals surface area contributed by atoms with Crippen LogP contribution in [-0.2, 0) is 0 Å². The molecule has 4 N–H and O–H groups in total. The number of nitrogens with one attached hydrogen (secondary N) is 3. The SMILES string of the molecule is CC1(C)CC(Nc2ncc(-c3ccc(-c4cn[nH]c4F)cc3O)nn2)CC(C)(C)N1. The quantitative estimate of drug-likeness (QED) is 0.520. The molecule has 0 bridgehead atoms. The van der Waals surface area contributed by atoms with Gasteiger partial charge in [0.1, 0.15) is 11.4 Å². The van der Waals surface area contributed by atoms with E-state index in [4.69, 9.17) is 0 Å². The zero-order chi connectivity index (χ0) is 21.5. The third-order valence-corrected chi connectivity index (χ3v) is 5.26. The van der Waals surface area contributed by atoms with Gasteiger partial charge in [0, 0.05) is 22.7 Å². The highest BCUT2D eigenvalue weighted by atomic mass is 19.1. The number of piperidine rings is 1. The summed E-state index contributed by atoms with van der Waals surface area (Å²) in [6.07, 6.45) is 4.82. The summed E-state index contributed by atoms with van der Waals surface area (Å²) in [7, 11) is 0. The Morgan fingerprint density at radius 2 is 1.80 bits per heavy atom. The molecule has 0 radical (unpaired) electrons. The molecular weight excluding hydrogens is 385 g/mol. The van der Waals surface area contributed by atoms with Gasteiger partial charge in [-0.3, -0.25) is 5.10 Å². The summed E-state index contributed by atoms with van der Waals surface area (Å²) in [5.41, 5.74) is 1.72. The van der Waals surface area contributed by atoms with Crippen LogP contribution in [0.4, 0.5) is 10.3 Å². The third kappa shape index (κ3) is 4.25. The van der Waals surface area contributed by atoms with Gasteiger partial charge in [0.2, 0.25) is 11.9 Å². The lowest BCUT2D eigenvalue weighted by atomic mass is 9.80. The number of phenols is 1. The number of hydrogen-bond donors (Lipinski definition) is 4. The number of nitrogens with zero attached hydrogens (tertiary/aromatic N) is 4. The summed E-state index contributed by atoms with van der Waals surface area (Å²) < 4.78 is 13.7. The van der Waals surface area contributed by atoms with E-state index in [0.717, 1.165) is 12.8 Å². The number of H-pyrrole nitrogens is 1. The average molecular weight is 411 g/mol. The zero-order valence-electron chi connectivity index (χ0n) is 17.5. The number of aromatic hydroxyl groups is 1. The normalized spacial score (nSPS) is 18.3. The maximum absolute atomic E-state index is 13.7. The van der Waals surface area contributed by atoms with Crippen molar-refractivity contribution >= 4 is 5.95 Å². The molecule has 4 rings (SSSR count). The van der Waals surface area contributed by atoms with Crippen molar-refractivity contribution in [1.82, 2.24) is 30.7 Å². The lowest BCUT2D eigenvalue weighted by Crippen LogP contribution is -2.60. The summed E-state index contributed by atoms with van der Waals surface area (Å²) in [5.74, 6) is -0.135. The number of benzene rings is 1. The lowest BCUT2D eigenvalue weighted by molar-refractivity contribution is 0.170. The fourth-order valence-electron chi connectivity index (χ4n) is 4.46. The monoisotopic (exact) mass is 411 g/mol. The lowest BCUT2D eigenvalue weighted by Gasteiger charge is -2.46. The van der Waals surface area contributed by atoms with E-state index in [1.54, 1.807) is 18.3 Å². The number of phenolic OH excluding ortho intramolecular Hbond substituents is 1. The molecule has 8 nitrogen and oxygen atoms in total. The first-order valence-electron chi connectivity index (χ1n) is 9.90. The van der Waals surface area contributed by atoms with Crippen molar-refractivity contribution in [2.75, 3.05) is 5.32 Å². The molecule has 0 atom stereocenters. The second-order valence-corrected chi connectivity index (χ2v) is 9.14. The van der Waals surface area contributed by atoms with Crippen LogP contribution in [0.15, 0.2) is 30.6 Å². The molecule has 0 spiro atoms. The molecule has 9 heteroatoms. The van der Waals surface area contributed by atoms with Crippen LogP contribution in [0, 0.1) is 5.95 Å². The van der Waals surface area contributed by atoms with E-state index in [0.29, 0.717) is 22.8 Å². The molecule has 3 aromatic rings. The number of halogens is 1. The number of aromatic nitrogens is 5. The highest BCUT2D eigenvalue weighted by Gasteiger charge is 2.37. The van der Waals surface area contributed by atoms with E-state index in [1.165, 1.54) is 12.3 Å². The van der Waals surface area contributed by atoms with Crippen molar-refractivity contribution in [3.8, 4) is 28.1 Å². The number of anilines is 1. The Bertz CT molecular complexity index is 1030. The topological polar surface area (TPSA) is 112 Å². The molecule has 0 saturated carbocycles. The molecule has 0 unspecified atom stereocenters. The average Bonchev–Trinajstić information content (AvgIpc) is 3.06. The molecule has 1 aliphatic heterocycles. The first-order chi connectivity index (χ1) is 14.1. The third-order valence-electron chi connectivity index (χ3n) is 5.26. The highest BCUT2D eigenvalue weighted by molar-refractivity contribution is 5.73. The summed E-state index contributed by atoms with van der Waals surface area (Å²) in [6.45, 7) is 8.75. The Morgan fingerprint density at radius 1 is 1.07 bits per heavy atom. The van der Waals surface area contributed by atoms with Gasteiger partial charge in [-0.05, 0) is 58.2 Å². The van der Waals surface area contributed by atoms with Crippen LogP contribution in [-0.4, -0.2) is 47.6 Å². The van der Waals surface area contributed by atoms with Gasteiger partial charge in [0.15, 0.2) is 0 Å². The molecule has 0 aliphatic carbocycles. The first-order valence-corrected chi connectivity index (χ1v) is 9.90. The van der Waals surface area contributed by atoms with Gasteiger partial charge < -0.3 is 15.7 Å². The van der Waals surface area contributed by atoms with Gasteiger partial charge in [-0.25, -0.2) is 4.98 Å². The summed E-state index contributed by atoms with van der Waals surface area (Å²) >= 11 is 0. The van der Waals surface area contributed by atoms with Crippen LogP contribution < -0.4 is 10.6 Å². The van der Waals surface area contributed by atoms with E-state index in [9.17, 15) is 9.50 Å². The van der Waals surface area contributed by atoms with E-state index < -0.39 is 5.95 Å². The van der Waals surface area contributed by atoms with Crippen LogP contribution in [0.25, 0.3) is 22.4 Å². The molecular formula is C21H26FN7O. The Kier molecular flexibility index (Phi) is 4.93. The fraction of sp³-hybridized carbons (Fsp3) is 0.429. The van der Waals surface area contributed by atoms with Crippen LogP contribution in [0.1, 0.15) is 40.5 Å². The predicted molar refractivity (Wildman–Crippen MR) is 112 cm³/mol. The molecule has 1 aromatic carbocycles. The van der Waals surface area contributed by atoms with Crippen LogP contribution in [0.5, 0.6) is 5.75 Å². The Balaban J connectivity index is 1.51. The van der Waals surface area contributed by atoms with Crippen molar-refractivity contribution < 1.29 is 9.50 Å². The van der Waals surface area contributed by atoms with Gasteiger partial charge in [0.05, 0.1) is 18.0 Å². The molecule has 158 valence electrons. The molecule has 30 heavy (non-hydrogen) atoms. The largest absolute Gasteiger partial charge is 0.507 e. The van der Waals surface area contributed by atoms with E-state index in [1.807, 2.05) is 0 Å². The van der Waals surface area contributed by atoms with E-state index in [2.05, 4.69) is 63.7 Å². The van der Waals surface area contributed by atoms with Crippen molar-refractivity contribution in [1.29, 1.82) is 0 Å². The van der Waals surface area contributed by atoms with Gasteiger partial charge >= 0.3 is 0 Å². The molecule has 1 fully saturated rings. The van der Waals surface area contributed by atoms with E-state index in [-0.39, 0.29) is 28.4 Å². The minimum absolute atomic E-state index is 0.00871. The molecule has 3 heterocycles. The Hall–Kier alpha value is -3.07. The number of hydrogen-bond acceptors (Lipinski definition) is 7. The standard InChI is InChI=1S/C21H26FN7O/c1-20(2)8-13(9-21(3,4)29-20)25-19-23-11-16(26-28-19)14-6-5-12(7-17(14)30)15-10-24-27-18(15)22/h5-7,10-11,13,29-30H,8-9H2,1-4H3,(H,24,27)(H,23,25,28). The maximum Gasteiger partial charge on any atom is 0.242 e. The molecule has 0 amide bonds. The molecule has 1 saturated heterocycles. The Labute approximate surface area is 174 Å². The summed E-state index contributed by atoms with van der Waals surface area (Å²) in [6, 6.07) is 5.04. The smallest absolute Gasteiger partial charge is 0.242 e. The van der Waals surface area contributed by atoms with Gasteiger partial charge in [-0.2, -0.15) is 9.49 Å². The summed E-state index contributed by atoms with van der Waals surface area (Å²) in [5, 5.41) is 31.7. The van der Waals surface area contributed by atoms with Gasteiger partial charge in [-0.1, -0.05) is 6.07 Å². The number of rotatable bonds is 4. The van der Waals surface area contributed by atoms with Crippen molar-refractivity contribution in [2.24, 2.45) is 0 Å². The van der Waals surface area contributed by atoms with Crippen LogP contribution >= 0.6 is 0 Å². The fourth-order valence-corrected chi connectivity index (χ4v) is 4.46. The Morgan fingerprint density at radius 3 is 2.37 bits per heavy atom. The molecule has 2 aromatic heterocycles. The van der Waals surface area contributed by atoms with Crippen molar-refractivity contribution in [3.63, 3.8) is 0 Å². The van der Waals surface area contributed by atoms with Gasteiger partial charge in [0.25, 0.3) is 0 Å². The van der Waals surface area contributed by atoms with Crippen LogP contribution in [0.2, 0.25) is 0 Å². The van der Waals surface area contributed by atoms with Crippen molar-refractivity contribution in [2.45, 2.75) is 57.7 Å². The molecule has 1 aliphatic rings. The minimum atomic E-state index is -0.552. The second kappa shape index (κ2) is 7.32. The maximum atomic E-state index is 13.7. The minimum Gasteiger partial charge on any atom is -0.507 e. The second-order valence-electron chi connectivity index (χ2n) is 9.14. The van der Waals surface area contributed by atoms with E-state index >= 15 is 0 Å². The first kappa shape index (κ1) is 20.2.